The van der Waals surface area contributed by atoms with Gasteiger partial charge in [-0.25, -0.2) is 0 Å². The van der Waals surface area contributed by atoms with Gasteiger partial charge in [-0.05, 0) is 55.0 Å². The number of nitrogens with one attached hydrogen (secondary N) is 2. The third kappa shape index (κ3) is 3.93. The summed E-state index contributed by atoms with van der Waals surface area (Å²) < 4.78 is 5.88. The van der Waals surface area contributed by atoms with Gasteiger partial charge in [0.2, 0.25) is 0 Å². The van der Waals surface area contributed by atoms with Gasteiger partial charge in [0.05, 0.1) is 22.9 Å². The van der Waals surface area contributed by atoms with Gasteiger partial charge < -0.3 is 10.1 Å². The number of hydrogen-bond donors (Lipinski definition) is 2. The zero-order valence-corrected chi connectivity index (χ0v) is 17.2. The molecule has 0 aliphatic rings. The van der Waals surface area contributed by atoms with Crippen LogP contribution in [0.3, 0.4) is 0 Å². The minimum atomic E-state index is 0. The first-order valence-electron chi connectivity index (χ1n) is 9.53. The number of halogens is 1. The van der Waals surface area contributed by atoms with Gasteiger partial charge >= 0.3 is 0 Å². The van der Waals surface area contributed by atoms with Gasteiger partial charge in [-0.15, -0.1) is 12.4 Å². The summed E-state index contributed by atoms with van der Waals surface area (Å²) in [6.07, 6.45) is 1.83. The molecule has 150 valence electrons. The Balaban J connectivity index is 0.00000218. The zero-order valence-electron chi connectivity index (χ0n) is 16.4. The van der Waals surface area contributed by atoms with Crippen LogP contribution in [0.15, 0.2) is 79.0 Å². The molecule has 0 saturated heterocycles. The topological polar surface area (TPSA) is 62.8 Å². The molecule has 0 radical (unpaired) electrons. The second kappa shape index (κ2) is 8.43. The highest BCUT2D eigenvalue weighted by Gasteiger charge is 2.10. The number of rotatable bonds is 5. The second-order valence-corrected chi connectivity index (χ2v) is 7.03. The first kappa shape index (κ1) is 19.7. The number of anilines is 2. The molecule has 5 rings (SSSR count). The summed E-state index contributed by atoms with van der Waals surface area (Å²) >= 11 is 0. The average Bonchev–Trinajstić information content (AvgIpc) is 3.22. The molecule has 0 bridgehead atoms. The lowest BCUT2D eigenvalue weighted by Gasteiger charge is -2.12. The van der Waals surface area contributed by atoms with Crippen molar-refractivity contribution >= 4 is 45.6 Å². The number of hydrogen-bond acceptors (Lipinski definition) is 4. The van der Waals surface area contributed by atoms with Crippen LogP contribution < -0.4 is 10.1 Å². The molecular weight excluding hydrogens is 396 g/mol. The Morgan fingerprint density at radius 3 is 2.57 bits per heavy atom. The fourth-order valence-electron chi connectivity index (χ4n) is 3.50. The van der Waals surface area contributed by atoms with Gasteiger partial charge in [-0.3, -0.25) is 10.1 Å². The molecule has 30 heavy (non-hydrogen) atoms. The lowest BCUT2D eigenvalue weighted by Crippen LogP contribution is -1.97. The first-order chi connectivity index (χ1) is 14.3. The average molecular weight is 417 g/mol. The van der Waals surface area contributed by atoms with Crippen molar-refractivity contribution in [3.8, 4) is 5.75 Å². The Morgan fingerprint density at radius 2 is 1.77 bits per heavy atom. The van der Waals surface area contributed by atoms with Crippen molar-refractivity contribution in [3.05, 3.63) is 90.3 Å². The van der Waals surface area contributed by atoms with Crippen molar-refractivity contribution in [2.75, 3.05) is 5.32 Å². The highest BCUT2D eigenvalue weighted by Crippen LogP contribution is 2.32. The SMILES string of the molecule is Cc1cc(Nc2ccc(OCc3ccccc3)cc2)c2c(ccc3cn[nH]c32)n1.Cl. The van der Waals surface area contributed by atoms with Crippen LogP contribution in [-0.2, 0) is 6.61 Å². The molecule has 2 aromatic heterocycles. The van der Waals surface area contributed by atoms with Crippen molar-refractivity contribution in [2.45, 2.75) is 13.5 Å². The van der Waals surface area contributed by atoms with Crippen LogP contribution in [0.2, 0.25) is 0 Å². The molecule has 0 atom stereocenters. The normalized spacial score (nSPS) is 10.7. The molecule has 5 aromatic rings. The van der Waals surface area contributed by atoms with E-state index in [9.17, 15) is 0 Å². The van der Waals surface area contributed by atoms with E-state index in [1.54, 1.807) is 0 Å². The molecule has 5 nitrogen and oxygen atoms in total. The number of ether oxygens (including phenoxy) is 1. The zero-order chi connectivity index (χ0) is 19.6. The summed E-state index contributed by atoms with van der Waals surface area (Å²) in [5.74, 6) is 0.839. The Bertz CT molecular complexity index is 1280. The number of fused-ring (bicyclic) bond motifs is 3. The van der Waals surface area contributed by atoms with Crippen molar-refractivity contribution in [3.63, 3.8) is 0 Å². The van der Waals surface area contributed by atoms with Crippen LogP contribution in [-0.4, -0.2) is 15.2 Å². The van der Waals surface area contributed by atoms with Gasteiger partial charge in [0.15, 0.2) is 0 Å². The van der Waals surface area contributed by atoms with Gasteiger partial charge in [-0.1, -0.05) is 30.3 Å². The predicted molar refractivity (Wildman–Crippen MR) is 124 cm³/mol. The molecule has 2 N–H and O–H groups in total. The van der Waals surface area contributed by atoms with E-state index in [0.717, 1.165) is 50.2 Å². The summed E-state index contributed by atoms with van der Waals surface area (Å²) in [7, 11) is 0. The van der Waals surface area contributed by atoms with Crippen LogP contribution >= 0.6 is 12.4 Å². The van der Waals surface area contributed by atoms with Gasteiger partial charge in [-0.2, -0.15) is 5.10 Å². The molecule has 2 heterocycles. The Labute approximate surface area is 180 Å². The lowest BCUT2D eigenvalue weighted by atomic mass is 10.1. The summed E-state index contributed by atoms with van der Waals surface area (Å²) in [4.78, 5) is 4.67. The number of benzene rings is 3. The largest absolute Gasteiger partial charge is 0.489 e. The van der Waals surface area contributed by atoms with Crippen LogP contribution in [0.5, 0.6) is 5.75 Å². The molecule has 0 saturated carbocycles. The highest BCUT2D eigenvalue weighted by molar-refractivity contribution is 6.10. The number of aryl methyl sites for hydroxylation is 1. The van der Waals surface area contributed by atoms with E-state index in [-0.39, 0.29) is 12.4 Å². The lowest BCUT2D eigenvalue weighted by molar-refractivity contribution is 0.306. The number of H-pyrrole nitrogens is 1. The summed E-state index contributed by atoms with van der Waals surface area (Å²) in [6, 6.07) is 24.3. The number of pyridine rings is 1. The number of nitrogens with zero attached hydrogens (tertiary/aromatic N) is 2. The molecule has 0 amide bonds. The molecule has 0 aliphatic carbocycles. The van der Waals surface area contributed by atoms with Crippen LogP contribution in [0.1, 0.15) is 11.3 Å². The molecule has 0 fully saturated rings. The standard InChI is InChI=1S/C24H20N4O.ClH/c1-16-13-22(23-21(26-16)12-7-18-14-25-28-24(18)23)27-19-8-10-20(11-9-19)29-15-17-5-3-2-4-6-17;/h2-14H,15H2,1H3,(H,25,28)(H,26,27);1H. The Hall–Kier alpha value is -3.57. The Kier molecular flexibility index (Phi) is 5.55. The predicted octanol–water partition coefficient (Wildman–Crippen LogP) is 6.16. The molecular formula is C24H21ClN4O. The number of aromatic amines is 1. The van der Waals surface area contributed by atoms with Crippen molar-refractivity contribution in [1.29, 1.82) is 0 Å². The fraction of sp³-hybridized carbons (Fsp3) is 0.0833. The summed E-state index contributed by atoms with van der Waals surface area (Å²) in [6.45, 7) is 2.56. The van der Waals surface area contributed by atoms with E-state index >= 15 is 0 Å². The van der Waals surface area contributed by atoms with Crippen molar-refractivity contribution in [2.24, 2.45) is 0 Å². The van der Waals surface area contributed by atoms with E-state index in [1.165, 1.54) is 0 Å². The van der Waals surface area contributed by atoms with Crippen LogP contribution in [0, 0.1) is 6.92 Å². The molecule has 0 spiro atoms. The van der Waals surface area contributed by atoms with Gasteiger partial charge in [0.25, 0.3) is 0 Å². The third-order valence-corrected chi connectivity index (χ3v) is 4.90. The molecule has 3 aromatic carbocycles. The van der Waals surface area contributed by atoms with E-state index in [0.29, 0.717) is 6.61 Å². The fourth-order valence-corrected chi connectivity index (χ4v) is 3.50. The van der Waals surface area contributed by atoms with Gasteiger partial charge in [0.1, 0.15) is 12.4 Å². The summed E-state index contributed by atoms with van der Waals surface area (Å²) in [5.41, 5.74) is 6.02. The summed E-state index contributed by atoms with van der Waals surface area (Å²) in [5, 5.41) is 12.9. The maximum absolute atomic E-state index is 5.88. The second-order valence-electron chi connectivity index (χ2n) is 7.03. The minimum Gasteiger partial charge on any atom is -0.489 e. The number of aromatic nitrogens is 3. The minimum absolute atomic E-state index is 0. The Morgan fingerprint density at radius 1 is 0.967 bits per heavy atom. The maximum atomic E-state index is 5.88. The molecule has 0 aliphatic heterocycles. The molecule has 6 heteroatoms. The van der Waals surface area contributed by atoms with Crippen molar-refractivity contribution in [1.82, 2.24) is 15.2 Å². The monoisotopic (exact) mass is 416 g/mol. The quantitative estimate of drug-likeness (QED) is 0.360. The van der Waals surface area contributed by atoms with Gasteiger partial charge in [0, 0.05) is 22.2 Å². The van der Waals surface area contributed by atoms with Crippen molar-refractivity contribution < 1.29 is 4.74 Å². The van der Waals surface area contributed by atoms with Crippen LogP contribution in [0.4, 0.5) is 11.4 Å². The van der Waals surface area contributed by atoms with E-state index in [4.69, 9.17) is 4.74 Å². The first-order valence-corrected chi connectivity index (χ1v) is 9.53. The van der Waals surface area contributed by atoms with Crippen LogP contribution in [0.25, 0.3) is 21.8 Å². The maximum Gasteiger partial charge on any atom is 0.119 e. The third-order valence-electron chi connectivity index (χ3n) is 4.90. The highest BCUT2D eigenvalue weighted by atomic mass is 35.5. The van der Waals surface area contributed by atoms with E-state index < -0.39 is 0 Å². The molecule has 0 unspecified atom stereocenters. The van der Waals surface area contributed by atoms with E-state index in [1.807, 2.05) is 67.7 Å². The van der Waals surface area contributed by atoms with E-state index in [2.05, 4.69) is 38.7 Å². The smallest absolute Gasteiger partial charge is 0.119 e.